The van der Waals surface area contributed by atoms with E-state index in [2.05, 4.69) is 35.6 Å². The number of hydrogen-bond donors (Lipinski definition) is 1. The van der Waals surface area contributed by atoms with E-state index in [0.717, 1.165) is 32.5 Å². The highest BCUT2D eigenvalue weighted by atomic mass is 16.5. The molecule has 0 aliphatic carbocycles. The first-order chi connectivity index (χ1) is 10.7. The number of aromatic hydroxyl groups is 1. The lowest BCUT2D eigenvalue weighted by molar-refractivity contribution is 0.282. The van der Waals surface area contributed by atoms with Gasteiger partial charge < -0.3 is 14.7 Å². The van der Waals surface area contributed by atoms with Crippen molar-refractivity contribution in [3.63, 3.8) is 0 Å². The minimum absolute atomic E-state index is 0.0142. The van der Waals surface area contributed by atoms with Gasteiger partial charge in [0.25, 0.3) is 6.01 Å². The summed E-state index contributed by atoms with van der Waals surface area (Å²) in [6.45, 7) is 10.5. The predicted octanol–water partition coefficient (Wildman–Crippen LogP) is 2.66. The lowest BCUT2D eigenvalue weighted by atomic mass is 10.4. The van der Waals surface area contributed by atoms with E-state index >= 15 is 0 Å². The molecule has 0 fully saturated rings. The highest BCUT2D eigenvalue weighted by Gasteiger charge is 2.13. The third kappa shape index (κ3) is 3.88. The maximum atomic E-state index is 10.1. The second kappa shape index (κ2) is 7.98. The Balaban J connectivity index is 2.17. The average Bonchev–Trinajstić information content (AvgIpc) is 2.84. The quantitative estimate of drug-likeness (QED) is 0.722. The molecule has 0 atom stereocenters. The summed E-state index contributed by atoms with van der Waals surface area (Å²) >= 11 is 0. The Morgan fingerprint density at radius 2 is 1.95 bits per heavy atom. The van der Waals surface area contributed by atoms with Crippen molar-refractivity contribution in [1.29, 1.82) is 0 Å². The van der Waals surface area contributed by atoms with Gasteiger partial charge in [0.15, 0.2) is 5.65 Å². The highest BCUT2D eigenvalue weighted by molar-refractivity contribution is 5.73. The van der Waals surface area contributed by atoms with Crippen LogP contribution in [-0.2, 0) is 6.54 Å². The Hall–Kier alpha value is -1.82. The second-order valence-electron chi connectivity index (χ2n) is 5.28. The van der Waals surface area contributed by atoms with E-state index in [1.165, 1.54) is 0 Å². The van der Waals surface area contributed by atoms with Crippen LogP contribution in [0.2, 0.25) is 0 Å². The number of hydrogen-bond acceptors (Lipinski definition) is 5. The van der Waals surface area contributed by atoms with Crippen LogP contribution in [-0.4, -0.2) is 50.8 Å². The molecule has 2 heterocycles. The predicted molar refractivity (Wildman–Crippen MR) is 87.4 cm³/mol. The Kier molecular flexibility index (Phi) is 6.00. The fourth-order valence-corrected chi connectivity index (χ4v) is 2.36. The summed E-state index contributed by atoms with van der Waals surface area (Å²) in [7, 11) is 0. The molecule has 22 heavy (non-hydrogen) atoms. The monoisotopic (exact) mass is 306 g/mol. The zero-order chi connectivity index (χ0) is 15.9. The van der Waals surface area contributed by atoms with E-state index in [1.807, 2.05) is 6.07 Å². The zero-order valence-corrected chi connectivity index (χ0v) is 13.7. The Labute approximate surface area is 131 Å². The number of aromatic nitrogens is 3. The molecule has 0 radical (unpaired) electrons. The van der Waals surface area contributed by atoms with Crippen LogP contribution in [0.3, 0.4) is 0 Å². The van der Waals surface area contributed by atoms with Crippen LogP contribution in [0.4, 0.5) is 0 Å². The van der Waals surface area contributed by atoms with E-state index in [0.29, 0.717) is 30.2 Å². The molecule has 6 heteroatoms. The summed E-state index contributed by atoms with van der Waals surface area (Å²) in [6, 6.07) is 3.66. The SMILES string of the molecule is CCCCOc1ccc2nc(O)n(CCN(CC)CC)c2n1. The molecular weight excluding hydrogens is 280 g/mol. The van der Waals surface area contributed by atoms with Crippen LogP contribution < -0.4 is 4.74 Å². The minimum atomic E-state index is 0.0142. The molecule has 1 N–H and O–H groups in total. The van der Waals surface area contributed by atoms with Crippen LogP contribution >= 0.6 is 0 Å². The van der Waals surface area contributed by atoms with Gasteiger partial charge in [-0.05, 0) is 25.6 Å². The molecule has 2 aromatic heterocycles. The summed E-state index contributed by atoms with van der Waals surface area (Å²) in [5, 5.41) is 10.1. The van der Waals surface area contributed by atoms with Crippen molar-refractivity contribution in [3.8, 4) is 11.9 Å². The maximum absolute atomic E-state index is 10.1. The van der Waals surface area contributed by atoms with E-state index in [9.17, 15) is 5.11 Å². The van der Waals surface area contributed by atoms with Crippen molar-refractivity contribution < 1.29 is 9.84 Å². The molecule has 0 unspecified atom stereocenters. The molecule has 0 bridgehead atoms. The molecule has 2 rings (SSSR count). The Morgan fingerprint density at radius 1 is 1.18 bits per heavy atom. The highest BCUT2D eigenvalue weighted by Crippen LogP contribution is 2.21. The first-order valence-electron chi connectivity index (χ1n) is 8.10. The van der Waals surface area contributed by atoms with Gasteiger partial charge in [-0.2, -0.15) is 9.97 Å². The lowest BCUT2D eigenvalue weighted by Gasteiger charge is -2.18. The van der Waals surface area contributed by atoms with Crippen LogP contribution in [0, 0.1) is 0 Å². The van der Waals surface area contributed by atoms with Crippen molar-refractivity contribution in [2.45, 2.75) is 40.2 Å². The fourth-order valence-electron chi connectivity index (χ4n) is 2.36. The number of imidazole rings is 1. The van der Waals surface area contributed by atoms with Crippen molar-refractivity contribution in [1.82, 2.24) is 19.4 Å². The summed E-state index contributed by atoms with van der Waals surface area (Å²) < 4.78 is 7.39. The number of rotatable bonds is 9. The summed E-state index contributed by atoms with van der Waals surface area (Å²) in [5.74, 6) is 0.588. The number of fused-ring (bicyclic) bond motifs is 1. The number of nitrogens with zero attached hydrogens (tertiary/aromatic N) is 4. The fraction of sp³-hybridized carbons (Fsp3) is 0.625. The summed E-state index contributed by atoms with van der Waals surface area (Å²) in [6.07, 6.45) is 2.09. The van der Waals surface area contributed by atoms with Gasteiger partial charge in [-0.1, -0.05) is 27.2 Å². The van der Waals surface area contributed by atoms with Crippen LogP contribution in [0.25, 0.3) is 11.2 Å². The molecule has 0 aromatic carbocycles. The molecule has 0 saturated carbocycles. The topological polar surface area (TPSA) is 63.4 Å². The van der Waals surface area contributed by atoms with Crippen LogP contribution in [0.5, 0.6) is 11.9 Å². The summed E-state index contributed by atoms with van der Waals surface area (Å²) in [5.41, 5.74) is 1.37. The number of ether oxygens (including phenoxy) is 1. The van der Waals surface area contributed by atoms with E-state index in [4.69, 9.17) is 4.74 Å². The molecule has 0 amide bonds. The van der Waals surface area contributed by atoms with Gasteiger partial charge in [0.1, 0.15) is 5.52 Å². The van der Waals surface area contributed by atoms with E-state index in [-0.39, 0.29) is 6.01 Å². The number of likely N-dealkylation sites (N-methyl/N-ethyl adjacent to an activating group) is 1. The Morgan fingerprint density at radius 3 is 2.64 bits per heavy atom. The van der Waals surface area contributed by atoms with Gasteiger partial charge in [-0.3, -0.25) is 4.57 Å². The van der Waals surface area contributed by atoms with Gasteiger partial charge in [0.05, 0.1) is 6.61 Å². The second-order valence-corrected chi connectivity index (χ2v) is 5.28. The van der Waals surface area contributed by atoms with E-state index < -0.39 is 0 Å². The molecule has 2 aromatic rings. The first kappa shape index (κ1) is 16.5. The van der Waals surface area contributed by atoms with E-state index in [1.54, 1.807) is 10.6 Å². The molecule has 0 aliphatic heterocycles. The zero-order valence-electron chi connectivity index (χ0n) is 13.7. The third-order valence-corrected chi connectivity index (χ3v) is 3.83. The van der Waals surface area contributed by atoms with Crippen molar-refractivity contribution in [3.05, 3.63) is 12.1 Å². The molecule has 0 aliphatic rings. The molecule has 0 saturated heterocycles. The Bertz CT molecular complexity index is 593. The number of unbranched alkanes of at least 4 members (excludes halogenated alkanes) is 1. The van der Waals surface area contributed by atoms with Crippen LogP contribution in [0.1, 0.15) is 33.6 Å². The van der Waals surface area contributed by atoms with Crippen molar-refractivity contribution >= 4 is 11.2 Å². The van der Waals surface area contributed by atoms with Gasteiger partial charge in [0.2, 0.25) is 5.88 Å². The standard InChI is InChI=1S/C16H26N4O2/c1-4-7-12-22-14-9-8-13-15(18-14)20(16(21)17-13)11-10-19(5-2)6-3/h8-9H,4-7,10-12H2,1-3H3,(H,17,21). The van der Waals surface area contributed by atoms with Gasteiger partial charge in [-0.25, -0.2) is 0 Å². The smallest absolute Gasteiger partial charge is 0.296 e. The van der Waals surface area contributed by atoms with Crippen molar-refractivity contribution in [2.75, 3.05) is 26.2 Å². The first-order valence-corrected chi connectivity index (χ1v) is 8.10. The van der Waals surface area contributed by atoms with Crippen LogP contribution in [0.15, 0.2) is 12.1 Å². The minimum Gasteiger partial charge on any atom is -0.480 e. The molecular formula is C16H26N4O2. The molecule has 122 valence electrons. The molecule has 6 nitrogen and oxygen atoms in total. The number of pyridine rings is 1. The average molecular weight is 306 g/mol. The van der Waals surface area contributed by atoms with Crippen molar-refractivity contribution in [2.24, 2.45) is 0 Å². The maximum Gasteiger partial charge on any atom is 0.296 e. The van der Waals surface area contributed by atoms with Gasteiger partial charge >= 0.3 is 0 Å². The normalized spacial score (nSPS) is 11.5. The largest absolute Gasteiger partial charge is 0.480 e. The van der Waals surface area contributed by atoms with Gasteiger partial charge in [-0.15, -0.1) is 0 Å². The third-order valence-electron chi connectivity index (χ3n) is 3.83. The summed E-state index contributed by atoms with van der Waals surface area (Å²) in [4.78, 5) is 11.0. The lowest BCUT2D eigenvalue weighted by Crippen LogP contribution is -2.27. The van der Waals surface area contributed by atoms with Gasteiger partial charge in [0, 0.05) is 19.2 Å². The molecule has 0 spiro atoms.